The Bertz CT molecular complexity index is 1280. The molecule has 0 spiro atoms. The zero-order chi connectivity index (χ0) is 27.1. The summed E-state index contributed by atoms with van der Waals surface area (Å²) in [4.78, 5) is 19.5. The SMILES string of the molecule is CCC(O)CCN1CCCCC(c2cccc(Oc3cc(CC(N)c4cncn4C)ccc3C#N)c2)C1=O. The number of hydrogen-bond donors (Lipinski definition) is 2. The second kappa shape index (κ2) is 12.7. The molecule has 0 aliphatic carbocycles. The Morgan fingerprint density at radius 3 is 2.84 bits per heavy atom. The number of amides is 1. The number of nitrogens with zero attached hydrogens (tertiary/aromatic N) is 4. The van der Waals surface area contributed by atoms with Crippen molar-refractivity contribution in [3.8, 4) is 17.6 Å². The monoisotopic (exact) mass is 515 g/mol. The highest BCUT2D eigenvalue weighted by Gasteiger charge is 2.28. The predicted octanol–water partition coefficient (Wildman–Crippen LogP) is 4.58. The number of aromatic nitrogens is 2. The van der Waals surface area contributed by atoms with Gasteiger partial charge in [0, 0.05) is 26.3 Å². The molecule has 8 heteroatoms. The highest BCUT2D eigenvalue weighted by atomic mass is 16.5. The fraction of sp³-hybridized carbons (Fsp3) is 0.433. The lowest BCUT2D eigenvalue weighted by Gasteiger charge is -2.25. The zero-order valence-electron chi connectivity index (χ0n) is 22.2. The molecule has 4 rings (SSSR count). The van der Waals surface area contributed by atoms with Crippen molar-refractivity contribution in [1.29, 1.82) is 5.26 Å². The summed E-state index contributed by atoms with van der Waals surface area (Å²) in [5.74, 6) is 0.893. The lowest BCUT2D eigenvalue weighted by Crippen LogP contribution is -2.36. The smallest absolute Gasteiger partial charge is 0.230 e. The van der Waals surface area contributed by atoms with Crippen molar-refractivity contribution >= 4 is 5.91 Å². The first-order valence-corrected chi connectivity index (χ1v) is 13.4. The second-order valence-electron chi connectivity index (χ2n) is 10.1. The standard InChI is InChI=1S/C30H37N5O3/c1-3-24(36)12-14-35-13-5-4-9-26(30(35)37)22-7-6-8-25(17-22)38-29-16-21(10-11-23(29)18-31)15-27(32)28-19-33-20-34(28)2/h6-8,10-11,16-17,19-20,24,26-27,36H,3-5,9,12-15,32H2,1-2H3. The first-order chi connectivity index (χ1) is 18.4. The molecule has 1 amide bonds. The maximum atomic E-state index is 13.4. The molecule has 3 N–H and O–H groups in total. The summed E-state index contributed by atoms with van der Waals surface area (Å²) < 4.78 is 8.12. The number of nitriles is 1. The number of likely N-dealkylation sites (tertiary alicyclic amines) is 1. The van der Waals surface area contributed by atoms with Gasteiger partial charge in [-0.3, -0.25) is 4.79 Å². The van der Waals surface area contributed by atoms with E-state index in [1.165, 1.54) is 0 Å². The Kier molecular flexibility index (Phi) is 9.16. The zero-order valence-corrected chi connectivity index (χ0v) is 22.2. The second-order valence-corrected chi connectivity index (χ2v) is 10.1. The third-order valence-electron chi connectivity index (χ3n) is 7.33. The molecule has 0 radical (unpaired) electrons. The van der Waals surface area contributed by atoms with E-state index in [-0.39, 0.29) is 24.0 Å². The first-order valence-electron chi connectivity index (χ1n) is 13.4. The number of aliphatic hydroxyl groups excluding tert-OH is 1. The minimum absolute atomic E-state index is 0.104. The van der Waals surface area contributed by atoms with E-state index in [0.717, 1.165) is 42.6 Å². The molecule has 38 heavy (non-hydrogen) atoms. The van der Waals surface area contributed by atoms with Crippen LogP contribution in [0.3, 0.4) is 0 Å². The molecular weight excluding hydrogens is 478 g/mol. The molecule has 1 aliphatic rings. The Morgan fingerprint density at radius 1 is 1.26 bits per heavy atom. The van der Waals surface area contributed by atoms with Crippen molar-refractivity contribution in [2.24, 2.45) is 12.8 Å². The number of nitrogens with two attached hydrogens (primary N) is 1. The van der Waals surface area contributed by atoms with Crippen LogP contribution < -0.4 is 10.5 Å². The van der Waals surface area contributed by atoms with Gasteiger partial charge in [0.05, 0.1) is 35.6 Å². The van der Waals surface area contributed by atoms with Gasteiger partial charge in [-0.15, -0.1) is 0 Å². The maximum absolute atomic E-state index is 13.4. The van der Waals surface area contributed by atoms with Gasteiger partial charge >= 0.3 is 0 Å². The predicted molar refractivity (Wildman–Crippen MR) is 146 cm³/mol. The number of ether oxygens (including phenoxy) is 1. The van der Waals surface area contributed by atoms with Gasteiger partial charge in [0.2, 0.25) is 5.91 Å². The van der Waals surface area contributed by atoms with Crippen LogP contribution in [0.15, 0.2) is 55.0 Å². The summed E-state index contributed by atoms with van der Waals surface area (Å²) in [6.07, 6.45) is 7.65. The van der Waals surface area contributed by atoms with E-state index in [2.05, 4.69) is 11.1 Å². The Morgan fingerprint density at radius 2 is 2.11 bits per heavy atom. The van der Waals surface area contributed by atoms with Crippen molar-refractivity contribution < 1.29 is 14.6 Å². The summed E-state index contributed by atoms with van der Waals surface area (Å²) in [6, 6.07) is 15.1. The van der Waals surface area contributed by atoms with Crippen LogP contribution in [0.5, 0.6) is 11.5 Å². The molecule has 8 nitrogen and oxygen atoms in total. The lowest BCUT2D eigenvalue weighted by molar-refractivity contribution is -0.132. The fourth-order valence-corrected chi connectivity index (χ4v) is 5.02. The van der Waals surface area contributed by atoms with Crippen molar-refractivity contribution in [2.45, 2.75) is 63.5 Å². The van der Waals surface area contributed by atoms with Crippen molar-refractivity contribution in [2.75, 3.05) is 13.1 Å². The maximum Gasteiger partial charge on any atom is 0.230 e. The summed E-state index contributed by atoms with van der Waals surface area (Å²) in [5, 5.41) is 19.7. The molecule has 2 aromatic carbocycles. The highest BCUT2D eigenvalue weighted by Crippen LogP contribution is 2.33. The molecule has 1 saturated heterocycles. The molecule has 3 unspecified atom stereocenters. The third kappa shape index (κ3) is 6.60. The van der Waals surface area contributed by atoms with E-state index < -0.39 is 0 Å². The average molecular weight is 516 g/mol. The number of imidazole rings is 1. The number of aryl methyl sites for hydroxylation is 1. The number of rotatable bonds is 10. The summed E-state index contributed by atoms with van der Waals surface area (Å²) in [7, 11) is 1.91. The van der Waals surface area contributed by atoms with Gasteiger partial charge in [-0.05, 0) is 67.5 Å². The number of carbonyl (C=O) groups is 1. The van der Waals surface area contributed by atoms with E-state index >= 15 is 0 Å². The Hall–Kier alpha value is -3.67. The van der Waals surface area contributed by atoms with E-state index in [1.54, 1.807) is 18.6 Å². The number of hydrogen-bond acceptors (Lipinski definition) is 6. The Labute approximate surface area is 224 Å². The molecule has 2 heterocycles. The van der Waals surface area contributed by atoms with Crippen LogP contribution >= 0.6 is 0 Å². The molecule has 3 aromatic rings. The van der Waals surface area contributed by atoms with Gasteiger partial charge in [-0.2, -0.15) is 5.26 Å². The largest absolute Gasteiger partial charge is 0.456 e. The van der Waals surface area contributed by atoms with Crippen LogP contribution in [0.4, 0.5) is 0 Å². The summed E-state index contributed by atoms with van der Waals surface area (Å²) in [6.45, 7) is 3.24. The molecule has 1 fully saturated rings. The molecule has 0 saturated carbocycles. The van der Waals surface area contributed by atoms with Crippen molar-refractivity contribution in [3.63, 3.8) is 0 Å². The highest BCUT2D eigenvalue weighted by molar-refractivity contribution is 5.84. The number of carbonyl (C=O) groups excluding carboxylic acids is 1. The minimum atomic E-state index is -0.384. The summed E-state index contributed by atoms with van der Waals surface area (Å²) >= 11 is 0. The topological polar surface area (TPSA) is 117 Å². The molecule has 200 valence electrons. The molecule has 0 bridgehead atoms. The van der Waals surface area contributed by atoms with Gasteiger partial charge < -0.3 is 25.0 Å². The minimum Gasteiger partial charge on any atom is -0.456 e. The van der Waals surface area contributed by atoms with Crippen LogP contribution in [0.1, 0.15) is 73.4 Å². The lowest BCUT2D eigenvalue weighted by atomic mass is 9.93. The normalized spacial score (nSPS) is 17.5. The van der Waals surface area contributed by atoms with Crippen molar-refractivity contribution in [3.05, 3.63) is 77.4 Å². The van der Waals surface area contributed by atoms with Gasteiger partial charge in [-0.1, -0.05) is 31.5 Å². The van der Waals surface area contributed by atoms with Gasteiger partial charge in [0.25, 0.3) is 0 Å². The Balaban J connectivity index is 1.52. The average Bonchev–Trinajstić information content (AvgIpc) is 3.27. The van der Waals surface area contributed by atoms with Crippen LogP contribution in [0.2, 0.25) is 0 Å². The number of aliphatic hydroxyl groups is 1. The molecule has 1 aromatic heterocycles. The van der Waals surface area contributed by atoms with Gasteiger partial charge in [0.1, 0.15) is 17.6 Å². The van der Waals surface area contributed by atoms with E-state index in [0.29, 0.717) is 42.9 Å². The van der Waals surface area contributed by atoms with E-state index in [1.807, 2.05) is 59.8 Å². The van der Waals surface area contributed by atoms with Crippen molar-refractivity contribution in [1.82, 2.24) is 14.5 Å². The van der Waals surface area contributed by atoms with Gasteiger partial charge in [0.15, 0.2) is 0 Å². The quantitative estimate of drug-likeness (QED) is 0.408. The van der Waals surface area contributed by atoms with E-state index in [9.17, 15) is 15.2 Å². The van der Waals surface area contributed by atoms with Crippen LogP contribution in [0, 0.1) is 11.3 Å². The molecule has 1 aliphatic heterocycles. The van der Waals surface area contributed by atoms with Crippen LogP contribution in [-0.4, -0.2) is 44.7 Å². The first kappa shape index (κ1) is 27.4. The fourth-order valence-electron chi connectivity index (χ4n) is 5.02. The number of benzene rings is 2. The summed E-state index contributed by atoms with van der Waals surface area (Å²) in [5.41, 5.74) is 9.63. The van der Waals surface area contributed by atoms with Gasteiger partial charge in [-0.25, -0.2) is 4.98 Å². The van der Waals surface area contributed by atoms with Crippen LogP contribution in [-0.2, 0) is 18.3 Å². The van der Waals surface area contributed by atoms with Crippen LogP contribution in [0.25, 0.3) is 0 Å². The molecule has 3 atom stereocenters. The molecular formula is C30H37N5O3. The van der Waals surface area contributed by atoms with E-state index in [4.69, 9.17) is 10.5 Å². The third-order valence-corrected chi connectivity index (χ3v) is 7.33.